The van der Waals surface area contributed by atoms with Crippen molar-refractivity contribution in [3.63, 3.8) is 0 Å². The fraction of sp³-hybridized carbons (Fsp3) is 0.333. The number of carbonyl (C=O) groups is 1. The molecule has 29 heavy (non-hydrogen) atoms. The molecule has 1 aromatic carbocycles. The van der Waals surface area contributed by atoms with E-state index in [1.54, 1.807) is 36.5 Å². The van der Waals surface area contributed by atoms with Crippen LogP contribution in [-0.4, -0.2) is 57.2 Å². The van der Waals surface area contributed by atoms with Crippen LogP contribution in [0.1, 0.15) is 11.3 Å². The number of fused-ring (bicyclic) bond motifs is 1. The minimum atomic E-state index is -0.0739. The van der Waals surface area contributed by atoms with E-state index in [2.05, 4.69) is 4.90 Å². The van der Waals surface area contributed by atoms with Crippen molar-refractivity contribution in [1.29, 1.82) is 0 Å². The van der Waals surface area contributed by atoms with Crippen molar-refractivity contribution in [2.24, 2.45) is 0 Å². The molecule has 3 rings (SSSR count). The van der Waals surface area contributed by atoms with Crippen molar-refractivity contribution < 1.29 is 14.3 Å². The molecule has 8 heteroatoms. The van der Waals surface area contributed by atoms with Gasteiger partial charge in [0, 0.05) is 29.6 Å². The van der Waals surface area contributed by atoms with Gasteiger partial charge in [0.05, 0.1) is 24.4 Å². The summed E-state index contributed by atoms with van der Waals surface area (Å²) in [5.74, 6) is 1.20. The second kappa shape index (κ2) is 9.87. The van der Waals surface area contributed by atoms with Crippen LogP contribution < -0.4 is 14.4 Å². The Morgan fingerprint density at radius 1 is 1.17 bits per heavy atom. The standard InChI is InChI=1S/C21H25N3O3S2/c1-23(2)10-6-11-24(20(25)9-8-15-7-5-12-28-15)21-22-16-13-17(26-3)18(27-4)14-19(16)29-21/h5,7-9,12-14H,6,10-11H2,1-4H3. The lowest BCUT2D eigenvalue weighted by Crippen LogP contribution is -2.32. The monoisotopic (exact) mass is 431 g/mol. The molecular weight excluding hydrogens is 406 g/mol. The molecule has 154 valence electrons. The van der Waals surface area contributed by atoms with Crippen molar-refractivity contribution >= 4 is 50.0 Å². The minimum Gasteiger partial charge on any atom is -0.493 e. The van der Waals surface area contributed by atoms with Gasteiger partial charge in [0.1, 0.15) is 0 Å². The van der Waals surface area contributed by atoms with Crippen molar-refractivity contribution in [3.8, 4) is 11.5 Å². The zero-order valence-electron chi connectivity index (χ0n) is 17.0. The van der Waals surface area contributed by atoms with Gasteiger partial charge in [-0.05, 0) is 44.6 Å². The molecule has 0 radical (unpaired) electrons. The topological polar surface area (TPSA) is 54.9 Å². The number of carbonyl (C=O) groups excluding carboxylic acids is 1. The second-order valence-corrected chi connectivity index (χ2v) is 8.66. The van der Waals surface area contributed by atoms with Gasteiger partial charge in [-0.3, -0.25) is 9.69 Å². The van der Waals surface area contributed by atoms with E-state index in [9.17, 15) is 4.79 Å². The average molecular weight is 432 g/mol. The van der Waals surface area contributed by atoms with E-state index in [1.807, 2.05) is 49.8 Å². The van der Waals surface area contributed by atoms with Crippen LogP contribution in [0.15, 0.2) is 35.7 Å². The van der Waals surface area contributed by atoms with Crippen LogP contribution in [0.4, 0.5) is 5.13 Å². The zero-order chi connectivity index (χ0) is 20.8. The van der Waals surface area contributed by atoms with Gasteiger partial charge >= 0.3 is 0 Å². The van der Waals surface area contributed by atoms with Gasteiger partial charge in [-0.15, -0.1) is 11.3 Å². The molecule has 0 atom stereocenters. The van der Waals surface area contributed by atoms with Crippen LogP contribution >= 0.6 is 22.7 Å². The molecule has 0 aliphatic rings. The Morgan fingerprint density at radius 2 is 1.93 bits per heavy atom. The average Bonchev–Trinajstić information content (AvgIpc) is 3.37. The fourth-order valence-electron chi connectivity index (χ4n) is 2.83. The Morgan fingerprint density at radius 3 is 2.59 bits per heavy atom. The first-order chi connectivity index (χ1) is 14.0. The minimum absolute atomic E-state index is 0.0739. The van der Waals surface area contributed by atoms with Crippen molar-refractivity contribution in [1.82, 2.24) is 9.88 Å². The first-order valence-corrected chi connectivity index (χ1v) is 10.9. The van der Waals surface area contributed by atoms with Gasteiger partial charge in [-0.1, -0.05) is 17.4 Å². The molecule has 0 saturated carbocycles. The molecule has 0 N–H and O–H groups in total. The Balaban J connectivity index is 1.90. The smallest absolute Gasteiger partial charge is 0.252 e. The molecule has 0 fully saturated rings. The second-order valence-electron chi connectivity index (χ2n) is 6.67. The number of hydrogen-bond acceptors (Lipinski definition) is 7. The molecule has 2 aromatic heterocycles. The van der Waals surface area contributed by atoms with Crippen LogP contribution in [0.5, 0.6) is 11.5 Å². The summed E-state index contributed by atoms with van der Waals surface area (Å²) in [6.45, 7) is 1.49. The molecule has 0 saturated heterocycles. The van der Waals surface area contributed by atoms with Crippen LogP contribution in [-0.2, 0) is 4.79 Å². The van der Waals surface area contributed by atoms with Crippen molar-refractivity contribution in [3.05, 3.63) is 40.6 Å². The fourth-order valence-corrected chi connectivity index (χ4v) is 4.46. The highest BCUT2D eigenvalue weighted by atomic mass is 32.1. The lowest BCUT2D eigenvalue weighted by molar-refractivity contribution is -0.114. The molecule has 0 spiro atoms. The van der Waals surface area contributed by atoms with E-state index < -0.39 is 0 Å². The van der Waals surface area contributed by atoms with Crippen molar-refractivity contribution in [2.75, 3.05) is 46.3 Å². The lowest BCUT2D eigenvalue weighted by Gasteiger charge is -2.19. The number of ether oxygens (including phenoxy) is 2. The molecule has 0 unspecified atom stereocenters. The van der Waals surface area contributed by atoms with Gasteiger partial charge < -0.3 is 14.4 Å². The number of amides is 1. The Hall–Kier alpha value is -2.42. The highest BCUT2D eigenvalue weighted by molar-refractivity contribution is 7.22. The number of benzene rings is 1. The van der Waals surface area contributed by atoms with E-state index in [-0.39, 0.29) is 5.91 Å². The number of rotatable bonds is 9. The first kappa shape index (κ1) is 21.3. The number of aromatic nitrogens is 1. The zero-order valence-corrected chi connectivity index (χ0v) is 18.7. The van der Waals surface area contributed by atoms with Crippen LogP contribution in [0.3, 0.4) is 0 Å². The third-order valence-electron chi connectivity index (χ3n) is 4.30. The maximum Gasteiger partial charge on any atom is 0.252 e. The van der Waals surface area contributed by atoms with Gasteiger partial charge in [-0.25, -0.2) is 4.98 Å². The lowest BCUT2D eigenvalue weighted by atomic mass is 10.3. The summed E-state index contributed by atoms with van der Waals surface area (Å²) >= 11 is 3.08. The predicted molar refractivity (Wildman–Crippen MR) is 122 cm³/mol. The van der Waals surface area contributed by atoms with Crippen LogP contribution in [0.2, 0.25) is 0 Å². The number of nitrogens with zero attached hydrogens (tertiary/aromatic N) is 3. The van der Waals surface area contributed by atoms with Gasteiger partial charge in [0.15, 0.2) is 16.6 Å². The van der Waals surface area contributed by atoms with Gasteiger partial charge in [0.2, 0.25) is 0 Å². The number of thiazole rings is 1. The van der Waals surface area contributed by atoms with Crippen LogP contribution in [0.25, 0.3) is 16.3 Å². The molecule has 3 aromatic rings. The number of methoxy groups -OCH3 is 2. The Kier molecular flexibility index (Phi) is 7.24. The van der Waals surface area contributed by atoms with E-state index in [0.29, 0.717) is 23.2 Å². The summed E-state index contributed by atoms with van der Waals surface area (Å²) in [6, 6.07) is 7.70. The van der Waals surface area contributed by atoms with Gasteiger partial charge in [0.25, 0.3) is 5.91 Å². The molecule has 6 nitrogen and oxygen atoms in total. The first-order valence-electron chi connectivity index (χ1n) is 9.22. The summed E-state index contributed by atoms with van der Waals surface area (Å²) in [5, 5.41) is 2.67. The third-order valence-corrected chi connectivity index (χ3v) is 6.18. The summed E-state index contributed by atoms with van der Waals surface area (Å²) in [5.41, 5.74) is 0.787. The third kappa shape index (κ3) is 5.35. The van der Waals surface area contributed by atoms with Crippen molar-refractivity contribution in [2.45, 2.75) is 6.42 Å². The molecule has 2 heterocycles. The number of thiophene rings is 1. The highest BCUT2D eigenvalue weighted by Gasteiger charge is 2.19. The Bertz CT molecular complexity index is 940. The van der Waals surface area contributed by atoms with E-state index in [1.165, 1.54) is 11.3 Å². The number of anilines is 1. The molecular formula is C21H25N3O3S2. The highest BCUT2D eigenvalue weighted by Crippen LogP contribution is 2.37. The summed E-state index contributed by atoms with van der Waals surface area (Å²) in [7, 11) is 7.26. The summed E-state index contributed by atoms with van der Waals surface area (Å²) in [6.07, 6.45) is 4.33. The predicted octanol–water partition coefficient (Wildman–Crippen LogP) is 4.37. The molecule has 0 aliphatic carbocycles. The molecule has 0 aliphatic heterocycles. The summed E-state index contributed by atoms with van der Waals surface area (Å²) in [4.78, 5) is 22.6. The van der Waals surface area contributed by atoms with E-state index in [0.717, 1.165) is 28.1 Å². The largest absolute Gasteiger partial charge is 0.493 e. The maximum absolute atomic E-state index is 13.0. The van der Waals surface area contributed by atoms with Crippen LogP contribution in [0, 0.1) is 0 Å². The summed E-state index contributed by atoms with van der Waals surface area (Å²) < 4.78 is 11.7. The quantitative estimate of drug-likeness (QED) is 0.471. The van der Waals surface area contributed by atoms with E-state index >= 15 is 0 Å². The Labute approximate surface area is 179 Å². The van der Waals surface area contributed by atoms with Gasteiger partial charge in [-0.2, -0.15) is 0 Å². The molecule has 1 amide bonds. The van der Waals surface area contributed by atoms with E-state index in [4.69, 9.17) is 14.5 Å². The normalized spacial score (nSPS) is 11.5. The SMILES string of the molecule is COc1cc2nc(N(CCCN(C)C)C(=O)C=Cc3cccs3)sc2cc1OC. The maximum atomic E-state index is 13.0. The molecule has 0 bridgehead atoms. The number of hydrogen-bond donors (Lipinski definition) is 0.